The third-order valence-corrected chi connectivity index (χ3v) is 8.49. The summed E-state index contributed by atoms with van der Waals surface area (Å²) in [5, 5.41) is 56.9. The first kappa shape index (κ1) is 38.0. The molecule has 2 aliphatic rings. The van der Waals surface area contributed by atoms with Gasteiger partial charge in [-0.3, -0.25) is 29.8 Å². The average molecular weight is 749 g/mol. The Kier molecular flexibility index (Phi) is 12.6. The van der Waals surface area contributed by atoms with Crippen LogP contribution < -0.4 is 20.7 Å². The maximum atomic E-state index is 13.2. The van der Waals surface area contributed by atoms with Gasteiger partial charge in [-0.1, -0.05) is 0 Å². The average Bonchev–Trinajstić information content (AvgIpc) is 3.77. The molecule has 0 spiro atoms. The van der Waals surface area contributed by atoms with Crippen molar-refractivity contribution in [2.45, 2.75) is 13.8 Å². The summed E-state index contributed by atoms with van der Waals surface area (Å²) in [6.45, 7) is 2.67. The van der Waals surface area contributed by atoms with E-state index >= 15 is 0 Å². The molecule has 2 aromatic rings. The van der Waals surface area contributed by atoms with Crippen molar-refractivity contribution in [3.05, 3.63) is 90.0 Å². The topological polar surface area (TPSA) is 276 Å². The van der Waals surface area contributed by atoms with Crippen molar-refractivity contribution in [3.8, 4) is 12.1 Å². The quantitative estimate of drug-likeness (QED) is 0.0744. The third-order valence-electron chi connectivity index (χ3n) is 6.46. The zero-order chi connectivity index (χ0) is 37.9. The van der Waals surface area contributed by atoms with Crippen LogP contribution in [0.25, 0.3) is 0 Å². The number of benzene rings is 2. The Hall–Kier alpha value is -6.78. The Morgan fingerprint density at radius 2 is 1.06 bits per heavy atom. The van der Waals surface area contributed by atoms with E-state index in [1.54, 1.807) is 26.0 Å². The standard InChI is InChI=1S/C30H24N10O10S2/c1-3-49-29(43)25-35-37(17-5-9-19(10-6-17)39(45)46)27(51-25)21(15-31)23(41)33-13-14-34-24(42)22(16-32)28-38(36-26(52-28)30(44)50-4-2)18-7-11-20(12-8-18)40(47)48/h5-12H,3-4,13-14H2,1-2H3,(H,33,41)(H,34,42)/b27-21-,28-22-. The predicted octanol–water partition coefficient (Wildman–Crippen LogP) is 2.77. The van der Waals surface area contributed by atoms with Gasteiger partial charge < -0.3 is 20.1 Å². The maximum absolute atomic E-state index is 13.2. The molecular formula is C30H24N10O10S2. The summed E-state index contributed by atoms with van der Waals surface area (Å²) in [6, 6.07) is 13.5. The number of carbonyl (C=O) groups excluding carboxylic acids is 4. The summed E-state index contributed by atoms with van der Waals surface area (Å²) in [5.41, 5.74) is -1.04. The number of esters is 2. The molecule has 22 heteroatoms. The molecular weight excluding hydrogens is 725 g/mol. The van der Waals surface area contributed by atoms with E-state index in [4.69, 9.17) is 9.47 Å². The SMILES string of the molecule is CCOC(=O)C1=NN(c2ccc([N+](=O)[O-])cc2)/C(=C(\C#N)C(=O)NCCNC(=O)/C(C#N)=C2\SC(C(=O)OCC)=NN2c2ccc([N+](=O)[O-])cc2)S1. The first-order chi connectivity index (χ1) is 24.9. The third kappa shape index (κ3) is 8.68. The number of nitro benzene ring substituents is 2. The lowest BCUT2D eigenvalue weighted by atomic mass is 10.2. The van der Waals surface area contributed by atoms with Gasteiger partial charge in [-0.05, 0) is 61.6 Å². The Morgan fingerprint density at radius 3 is 1.35 bits per heavy atom. The van der Waals surface area contributed by atoms with Crippen LogP contribution in [-0.4, -0.2) is 70.0 Å². The van der Waals surface area contributed by atoms with Gasteiger partial charge in [0.25, 0.3) is 23.2 Å². The minimum atomic E-state index is -0.923. The normalized spacial score (nSPS) is 15.3. The van der Waals surface area contributed by atoms with Gasteiger partial charge in [0, 0.05) is 37.4 Å². The highest BCUT2D eigenvalue weighted by molar-refractivity contribution is 8.19. The van der Waals surface area contributed by atoms with Gasteiger partial charge >= 0.3 is 11.9 Å². The number of carbonyl (C=O) groups is 4. The van der Waals surface area contributed by atoms with E-state index < -0.39 is 44.7 Å². The number of rotatable bonds is 13. The van der Waals surface area contributed by atoms with E-state index in [9.17, 15) is 49.9 Å². The Bertz CT molecular complexity index is 1890. The molecule has 20 nitrogen and oxygen atoms in total. The zero-order valence-electron chi connectivity index (χ0n) is 26.9. The number of nitriles is 2. The van der Waals surface area contributed by atoms with E-state index in [1.807, 2.05) is 0 Å². The predicted molar refractivity (Wildman–Crippen MR) is 186 cm³/mol. The number of nitrogens with one attached hydrogen (secondary N) is 2. The Morgan fingerprint density at radius 1 is 0.712 bits per heavy atom. The van der Waals surface area contributed by atoms with E-state index in [0.29, 0.717) is 23.5 Å². The van der Waals surface area contributed by atoms with E-state index in [2.05, 4.69) is 20.8 Å². The summed E-state index contributed by atoms with van der Waals surface area (Å²) in [5.74, 6) is -3.50. The van der Waals surface area contributed by atoms with Crippen molar-refractivity contribution in [2.75, 3.05) is 36.3 Å². The molecule has 266 valence electrons. The van der Waals surface area contributed by atoms with Gasteiger partial charge in [-0.2, -0.15) is 20.7 Å². The molecule has 0 bridgehead atoms. The van der Waals surface area contributed by atoms with E-state index in [1.165, 1.54) is 48.5 Å². The number of thioether (sulfide) groups is 2. The van der Waals surface area contributed by atoms with Gasteiger partial charge in [0.15, 0.2) is 0 Å². The highest BCUT2D eigenvalue weighted by Gasteiger charge is 2.35. The summed E-state index contributed by atoms with van der Waals surface area (Å²) in [4.78, 5) is 72.2. The van der Waals surface area contributed by atoms with Crippen molar-refractivity contribution in [1.29, 1.82) is 10.5 Å². The van der Waals surface area contributed by atoms with Crippen molar-refractivity contribution >= 4 is 80.1 Å². The molecule has 0 radical (unpaired) electrons. The van der Waals surface area contributed by atoms with E-state index in [0.717, 1.165) is 10.0 Å². The number of hydrogen-bond acceptors (Lipinski definition) is 18. The minimum Gasteiger partial charge on any atom is -0.461 e. The number of hydrazone groups is 2. The highest BCUT2D eigenvalue weighted by atomic mass is 32.2. The Balaban J connectivity index is 1.51. The van der Waals surface area contributed by atoms with Crippen LogP contribution in [0.1, 0.15) is 13.8 Å². The fourth-order valence-electron chi connectivity index (χ4n) is 4.15. The number of nitrogens with zero attached hydrogens (tertiary/aromatic N) is 8. The smallest absolute Gasteiger partial charge is 0.365 e. The van der Waals surface area contributed by atoms with Crippen molar-refractivity contribution in [3.63, 3.8) is 0 Å². The molecule has 0 saturated heterocycles. The van der Waals surface area contributed by atoms with Crippen LogP contribution in [0.15, 0.2) is 79.9 Å². The van der Waals surface area contributed by atoms with Crippen LogP contribution in [0, 0.1) is 42.9 Å². The molecule has 2 amide bonds. The van der Waals surface area contributed by atoms with Crippen LogP contribution in [0.3, 0.4) is 0 Å². The Labute approximate surface area is 301 Å². The number of anilines is 2. The lowest BCUT2D eigenvalue weighted by Gasteiger charge is -2.17. The van der Waals surface area contributed by atoms with Crippen LogP contribution in [-0.2, 0) is 28.7 Å². The molecule has 2 N–H and O–H groups in total. The first-order valence-electron chi connectivity index (χ1n) is 14.7. The number of nitro groups is 2. The molecule has 0 unspecified atom stereocenters. The fraction of sp³-hybridized carbons (Fsp3) is 0.200. The molecule has 2 heterocycles. The second-order valence-corrected chi connectivity index (χ2v) is 11.7. The van der Waals surface area contributed by atoms with Gasteiger partial charge in [-0.25, -0.2) is 19.6 Å². The fourth-order valence-corrected chi connectivity index (χ4v) is 5.99. The molecule has 0 atom stereocenters. The van der Waals surface area contributed by atoms with Crippen LogP contribution in [0.4, 0.5) is 22.7 Å². The summed E-state index contributed by atoms with van der Waals surface area (Å²) >= 11 is 1.34. The summed E-state index contributed by atoms with van der Waals surface area (Å²) in [7, 11) is 0. The molecule has 0 saturated carbocycles. The summed E-state index contributed by atoms with van der Waals surface area (Å²) < 4.78 is 9.97. The van der Waals surface area contributed by atoms with Gasteiger partial charge in [0.1, 0.15) is 33.3 Å². The highest BCUT2D eigenvalue weighted by Crippen LogP contribution is 2.39. The monoisotopic (exact) mass is 748 g/mol. The second kappa shape index (κ2) is 17.2. The van der Waals surface area contributed by atoms with Gasteiger partial charge in [0.05, 0.1) is 34.4 Å². The largest absolute Gasteiger partial charge is 0.461 e. The molecule has 2 aromatic carbocycles. The molecule has 4 rings (SSSR count). The lowest BCUT2D eigenvalue weighted by Crippen LogP contribution is -2.36. The van der Waals surface area contributed by atoms with Crippen LogP contribution >= 0.6 is 23.5 Å². The molecule has 0 fully saturated rings. The number of hydrogen-bond donors (Lipinski definition) is 2. The van der Waals surface area contributed by atoms with E-state index in [-0.39, 0.29) is 69.2 Å². The van der Waals surface area contributed by atoms with Crippen molar-refractivity contribution in [2.24, 2.45) is 10.2 Å². The minimum absolute atomic E-state index is 0.0177. The van der Waals surface area contributed by atoms with Crippen LogP contribution in [0.2, 0.25) is 0 Å². The van der Waals surface area contributed by atoms with Gasteiger partial charge in [0.2, 0.25) is 10.1 Å². The van der Waals surface area contributed by atoms with Crippen LogP contribution in [0.5, 0.6) is 0 Å². The summed E-state index contributed by atoms with van der Waals surface area (Å²) in [6.07, 6.45) is 0. The number of ether oxygens (including phenoxy) is 2. The van der Waals surface area contributed by atoms with Crippen molar-refractivity contribution < 1.29 is 38.5 Å². The lowest BCUT2D eigenvalue weighted by molar-refractivity contribution is -0.385. The number of amides is 2. The van der Waals surface area contributed by atoms with Crippen molar-refractivity contribution in [1.82, 2.24) is 10.6 Å². The first-order valence-corrected chi connectivity index (χ1v) is 16.4. The molecule has 0 aliphatic carbocycles. The molecule has 2 aliphatic heterocycles. The maximum Gasteiger partial charge on any atom is 0.365 e. The number of non-ortho nitro benzene ring substituents is 2. The van der Waals surface area contributed by atoms with Gasteiger partial charge in [-0.15, -0.1) is 0 Å². The molecule has 52 heavy (non-hydrogen) atoms. The molecule has 0 aromatic heterocycles. The zero-order valence-corrected chi connectivity index (χ0v) is 28.6. The second-order valence-electron chi connectivity index (χ2n) is 9.72.